The number of hydrogen-bond acceptors (Lipinski definition) is 3. The van der Waals surface area contributed by atoms with Crippen molar-refractivity contribution in [3.05, 3.63) is 52.3 Å². The van der Waals surface area contributed by atoms with Crippen LogP contribution < -0.4 is 5.32 Å². The smallest absolute Gasteiger partial charge is 0.416 e. The summed E-state index contributed by atoms with van der Waals surface area (Å²) in [6.45, 7) is 0. The number of pyridine rings is 1. The van der Waals surface area contributed by atoms with E-state index in [2.05, 4.69) is 26.2 Å². The summed E-state index contributed by atoms with van der Waals surface area (Å²) in [4.78, 5) is 15.6. The maximum atomic E-state index is 12.6. The van der Waals surface area contributed by atoms with Crippen LogP contribution in [0.25, 0.3) is 0 Å². The van der Waals surface area contributed by atoms with E-state index in [0.29, 0.717) is 0 Å². The molecule has 4 nitrogen and oxygen atoms in total. The summed E-state index contributed by atoms with van der Waals surface area (Å²) in [5, 5.41) is 11.8. The third kappa shape index (κ3) is 3.52. The number of amides is 1. The summed E-state index contributed by atoms with van der Waals surface area (Å²) >= 11 is 3.06. The van der Waals surface area contributed by atoms with Crippen molar-refractivity contribution in [2.45, 2.75) is 6.18 Å². The molecule has 0 saturated carbocycles. The zero-order valence-electron chi connectivity index (χ0n) is 10.3. The Bertz CT molecular complexity index is 689. The van der Waals surface area contributed by atoms with E-state index in [-0.39, 0.29) is 21.5 Å². The van der Waals surface area contributed by atoms with Crippen LogP contribution in [0.5, 0.6) is 5.75 Å². The van der Waals surface area contributed by atoms with E-state index in [1.807, 2.05) is 0 Å². The van der Waals surface area contributed by atoms with E-state index < -0.39 is 17.6 Å². The highest BCUT2D eigenvalue weighted by molar-refractivity contribution is 9.10. The maximum Gasteiger partial charge on any atom is 0.416 e. The molecule has 0 unspecified atom stereocenters. The second-order valence-electron chi connectivity index (χ2n) is 4.04. The lowest BCUT2D eigenvalue weighted by Gasteiger charge is -2.12. The Hall–Kier alpha value is -2.09. The van der Waals surface area contributed by atoms with E-state index in [9.17, 15) is 23.1 Å². The van der Waals surface area contributed by atoms with Gasteiger partial charge in [-0.05, 0) is 40.2 Å². The number of alkyl halides is 3. The number of carbonyl (C=O) groups is 1. The predicted octanol–water partition coefficient (Wildman–Crippen LogP) is 3.82. The first-order valence-corrected chi connectivity index (χ1v) is 6.39. The third-order valence-corrected chi connectivity index (χ3v) is 3.28. The molecular formula is C13H8BrF3N2O2. The summed E-state index contributed by atoms with van der Waals surface area (Å²) in [6, 6.07) is 4.14. The summed E-state index contributed by atoms with van der Waals surface area (Å²) in [5.41, 5.74) is -1.03. The fraction of sp³-hybridized carbons (Fsp3) is 0.0769. The second kappa shape index (κ2) is 5.72. The highest BCUT2D eigenvalue weighted by Crippen LogP contribution is 2.34. The SMILES string of the molecule is O=C(Nc1cc(C(F)(F)F)ccc1Br)c1ccncc1O. The van der Waals surface area contributed by atoms with Gasteiger partial charge in [0.25, 0.3) is 5.91 Å². The van der Waals surface area contributed by atoms with E-state index in [1.165, 1.54) is 18.3 Å². The Morgan fingerprint density at radius 2 is 2.00 bits per heavy atom. The van der Waals surface area contributed by atoms with Gasteiger partial charge in [0.1, 0.15) is 5.75 Å². The van der Waals surface area contributed by atoms with Gasteiger partial charge in [-0.15, -0.1) is 0 Å². The number of halogens is 4. The van der Waals surface area contributed by atoms with Crippen LogP contribution in [-0.2, 0) is 6.18 Å². The number of anilines is 1. The van der Waals surface area contributed by atoms with Crippen LogP contribution in [0.3, 0.4) is 0 Å². The Kier molecular flexibility index (Phi) is 4.17. The minimum Gasteiger partial charge on any atom is -0.505 e. The van der Waals surface area contributed by atoms with Crippen molar-refractivity contribution in [3.63, 3.8) is 0 Å². The van der Waals surface area contributed by atoms with Gasteiger partial charge in [0.2, 0.25) is 0 Å². The number of nitrogens with one attached hydrogen (secondary N) is 1. The number of aromatic hydroxyl groups is 1. The molecule has 0 fully saturated rings. The molecule has 2 N–H and O–H groups in total. The normalized spacial score (nSPS) is 11.2. The number of aromatic nitrogens is 1. The van der Waals surface area contributed by atoms with Crippen molar-refractivity contribution in [2.75, 3.05) is 5.32 Å². The summed E-state index contributed by atoms with van der Waals surface area (Å²) < 4.78 is 38.2. The molecule has 0 radical (unpaired) electrons. The molecule has 0 bridgehead atoms. The van der Waals surface area contributed by atoms with Crippen LogP contribution in [0.4, 0.5) is 18.9 Å². The van der Waals surface area contributed by atoms with Gasteiger partial charge < -0.3 is 10.4 Å². The molecule has 21 heavy (non-hydrogen) atoms. The zero-order valence-corrected chi connectivity index (χ0v) is 11.9. The minimum atomic E-state index is -4.51. The average Bonchev–Trinajstić information content (AvgIpc) is 2.40. The molecule has 1 aromatic carbocycles. The molecular weight excluding hydrogens is 353 g/mol. The van der Waals surface area contributed by atoms with Gasteiger partial charge in [-0.3, -0.25) is 9.78 Å². The number of rotatable bonds is 2. The largest absolute Gasteiger partial charge is 0.505 e. The number of carbonyl (C=O) groups excluding carboxylic acids is 1. The Morgan fingerprint density at radius 3 is 2.62 bits per heavy atom. The van der Waals surface area contributed by atoms with Gasteiger partial charge in [0, 0.05) is 10.7 Å². The zero-order chi connectivity index (χ0) is 15.6. The molecule has 110 valence electrons. The lowest BCUT2D eigenvalue weighted by Crippen LogP contribution is -2.14. The van der Waals surface area contributed by atoms with Crippen LogP contribution >= 0.6 is 15.9 Å². The molecule has 0 aliphatic carbocycles. The van der Waals surface area contributed by atoms with Crippen molar-refractivity contribution in [2.24, 2.45) is 0 Å². The highest BCUT2D eigenvalue weighted by Gasteiger charge is 2.31. The van der Waals surface area contributed by atoms with Gasteiger partial charge in [-0.2, -0.15) is 13.2 Å². The monoisotopic (exact) mass is 360 g/mol. The van der Waals surface area contributed by atoms with Gasteiger partial charge >= 0.3 is 6.18 Å². The van der Waals surface area contributed by atoms with Crippen LogP contribution in [0, 0.1) is 0 Å². The van der Waals surface area contributed by atoms with Gasteiger partial charge in [0.15, 0.2) is 0 Å². The minimum absolute atomic E-state index is 0.0500. The Labute approximate surface area is 125 Å². The van der Waals surface area contributed by atoms with E-state index >= 15 is 0 Å². The van der Waals surface area contributed by atoms with Crippen LogP contribution in [0.2, 0.25) is 0 Å². The van der Waals surface area contributed by atoms with E-state index in [1.54, 1.807) is 0 Å². The summed E-state index contributed by atoms with van der Waals surface area (Å²) in [5.74, 6) is -1.10. The lowest BCUT2D eigenvalue weighted by atomic mass is 10.1. The first-order valence-electron chi connectivity index (χ1n) is 5.60. The molecule has 8 heteroatoms. The number of hydrogen-bond donors (Lipinski definition) is 2. The molecule has 0 atom stereocenters. The quantitative estimate of drug-likeness (QED) is 0.855. The molecule has 0 aliphatic rings. The van der Waals surface area contributed by atoms with Crippen molar-refractivity contribution < 1.29 is 23.1 Å². The van der Waals surface area contributed by atoms with Crippen LogP contribution in [-0.4, -0.2) is 16.0 Å². The average molecular weight is 361 g/mol. The van der Waals surface area contributed by atoms with E-state index in [0.717, 1.165) is 18.3 Å². The second-order valence-corrected chi connectivity index (χ2v) is 4.89. The van der Waals surface area contributed by atoms with E-state index in [4.69, 9.17) is 0 Å². The van der Waals surface area contributed by atoms with Crippen LogP contribution in [0.15, 0.2) is 41.1 Å². The third-order valence-electron chi connectivity index (χ3n) is 2.59. The first kappa shape index (κ1) is 15.3. The van der Waals surface area contributed by atoms with Crippen molar-refractivity contribution >= 4 is 27.5 Å². The Morgan fingerprint density at radius 1 is 1.29 bits per heavy atom. The summed E-state index contributed by atoms with van der Waals surface area (Å²) in [7, 11) is 0. The maximum absolute atomic E-state index is 12.6. The van der Waals surface area contributed by atoms with Gasteiger partial charge in [-0.25, -0.2) is 0 Å². The van der Waals surface area contributed by atoms with Crippen molar-refractivity contribution in [1.82, 2.24) is 4.98 Å². The topological polar surface area (TPSA) is 62.2 Å². The molecule has 0 aliphatic heterocycles. The Balaban J connectivity index is 2.31. The molecule has 1 heterocycles. The summed E-state index contributed by atoms with van der Waals surface area (Å²) in [6.07, 6.45) is -2.16. The first-order chi connectivity index (χ1) is 9.79. The lowest BCUT2D eigenvalue weighted by molar-refractivity contribution is -0.137. The van der Waals surface area contributed by atoms with Crippen LogP contribution in [0.1, 0.15) is 15.9 Å². The number of nitrogens with zero attached hydrogens (tertiary/aromatic N) is 1. The standard InChI is InChI=1S/C13H8BrF3N2O2/c14-9-2-1-7(13(15,16)17)5-10(9)19-12(21)8-3-4-18-6-11(8)20/h1-6,20H,(H,19,21). The van der Waals surface area contributed by atoms with Crippen molar-refractivity contribution in [3.8, 4) is 5.75 Å². The van der Waals surface area contributed by atoms with Crippen molar-refractivity contribution in [1.29, 1.82) is 0 Å². The predicted molar refractivity (Wildman–Crippen MR) is 73.0 cm³/mol. The molecule has 1 aromatic heterocycles. The van der Waals surface area contributed by atoms with Gasteiger partial charge in [-0.1, -0.05) is 0 Å². The highest BCUT2D eigenvalue weighted by atomic mass is 79.9. The molecule has 0 saturated heterocycles. The number of benzene rings is 1. The molecule has 2 rings (SSSR count). The van der Waals surface area contributed by atoms with Gasteiger partial charge in [0.05, 0.1) is 23.0 Å². The fourth-order valence-corrected chi connectivity index (χ4v) is 1.91. The molecule has 2 aromatic rings. The fourth-order valence-electron chi connectivity index (χ4n) is 1.57. The molecule has 1 amide bonds. The molecule has 0 spiro atoms.